The second kappa shape index (κ2) is 9.22. The van der Waals surface area contributed by atoms with Crippen molar-refractivity contribution in [3.05, 3.63) is 64.9 Å². The molecular formula is C23H25BrN8. The zero-order valence-corrected chi connectivity index (χ0v) is 19.2. The van der Waals surface area contributed by atoms with Crippen LogP contribution in [-0.2, 0) is 6.54 Å². The van der Waals surface area contributed by atoms with Crippen molar-refractivity contribution in [2.24, 2.45) is 5.73 Å². The zero-order valence-electron chi connectivity index (χ0n) is 17.6. The van der Waals surface area contributed by atoms with Gasteiger partial charge in [-0.15, -0.1) is 0 Å². The van der Waals surface area contributed by atoms with E-state index < -0.39 is 0 Å². The molecule has 1 fully saturated rings. The third-order valence-corrected chi connectivity index (χ3v) is 6.38. The number of nitrogens with zero attached hydrogens (tertiary/aromatic N) is 5. The van der Waals surface area contributed by atoms with Crippen LogP contribution in [0.15, 0.2) is 59.3 Å². The van der Waals surface area contributed by atoms with Gasteiger partial charge in [-0.3, -0.25) is 4.98 Å². The standard InChI is InChI=1S/C23H25BrN8/c24-17-14-28-32-21(17)30-22(29-20-7-2-1-5-18(20)25)31-23(32)27-13-15-8-10-16(11-9-15)19-6-3-4-12-26-19/h3-4,6,8-12,14,18,20H,1-2,5,7,13,25H2,(H2,27,29,30,31)/t18-,20+/m0/s1. The molecule has 1 saturated carbocycles. The smallest absolute Gasteiger partial charge is 0.229 e. The normalized spacial score (nSPS) is 18.6. The van der Waals surface area contributed by atoms with E-state index in [1.165, 1.54) is 12.8 Å². The predicted molar refractivity (Wildman–Crippen MR) is 129 cm³/mol. The van der Waals surface area contributed by atoms with Crippen molar-refractivity contribution < 1.29 is 0 Å². The van der Waals surface area contributed by atoms with E-state index in [9.17, 15) is 0 Å². The number of nitrogens with one attached hydrogen (secondary N) is 2. The maximum Gasteiger partial charge on any atom is 0.229 e. The van der Waals surface area contributed by atoms with E-state index in [2.05, 4.69) is 65.9 Å². The first-order valence-electron chi connectivity index (χ1n) is 10.8. The summed E-state index contributed by atoms with van der Waals surface area (Å²) in [5, 5.41) is 11.3. The molecule has 8 nitrogen and oxygen atoms in total. The van der Waals surface area contributed by atoms with Gasteiger partial charge in [0.05, 0.1) is 16.4 Å². The van der Waals surface area contributed by atoms with Gasteiger partial charge in [-0.2, -0.15) is 19.6 Å². The van der Waals surface area contributed by atoms with Crippen molar-refractivity contribution in [2.45, 2.75) is 44.3 Å². The summed E-state index contributed by atoms with van der Waals surface area (Å²) < 4.78 is 2.52. The number of nitrogens with two attached hydrogens (primary N) is 1. The summed E-state index contributed by atoms with van der Waals surface area (Å²) in [5.41, 5.74) is 10.2. The molecule has 1 aliphatic rings. The number of pyridine rings is 1. The number of anilines is 2. The van der Waals surface area contributed by atoms with Crippen molar-refractivity contribution in [3.8, 4) is 11.3 Å². The topological polar surface area (TPSA) is 106 Å². The molecule has 2 atom stereocenters. The van der Waals surface area contributed by atoms with Crippen LogP contribution in [0.3, 0.4) is 0 Å². The molecule has 0 aliphatic heterocycles. The number of hydrogen-bond acceptors (Lipinski definition) is 7. The van der Waals surface area contributed by atoms with E-state index in [1.54, 1.807) is 16.9 Å². The molecule has 0 saturated heterocycles. The first-order chi connectivity index (χ1) is 15.7. The zero-order chi connectivity index (χ0) is 21.9. The van der Waals surface area contributed by atoms with Gasteiger partial charge in [0.15, 0.2) is 5.65 Å². The van der Waals surface area contributed by atoms with Gasteiger partial charge >= 0.3 is 0 Å². The summed E-state index contributed by atoms with van der Waals surface area (Å²) >= 11 is 3.54. The minimum absolute atomic E-state index is 0.117. The molecule has 0 unspecified atom stereocenters. The molecule has 4 aromatic rings. The maximum absolute atomic E-state index is 6.31. The average Bonchev–Trinajstić information content (AvgIpc) is 3.21. The third-order valence-electron chi connectivity index (χ3n) is 5.82. The van der Waals surface area contributed by atoms with Crippen molar-refractivity contribution >= 4 is 33.5 Å². The maximum atomic E-state index is 6.31. The molecule has 3 aromatic heterocycles. The van der Waals surface area contributed by atoms with Gasteiger partial charge in [0, 0.05) is 30.4 Å². The van der Waals surface area contributed by atoms with Crippen LogP contribution < -0.4 is 16.4 Å². The van der Waals surface area contributed by atoms with Crippen molar-refractivity contribution in [1.29, 1.82) is 0 Å². The van der Waals surface area contributed by atoms with Crippen molar-refractivity contribution in [1.82, 2.24) is 24.6 Å². The van der Waals surface area contributed by atoms with E-state index in [0.29, 0.717) is 24.1 Å². The Balaban J connectivity index is 1.35. The molecule has 0 amide bonds. The van der Waals surface area contributed by atoms with Gasteiger partial charge in [-0.25, -0.2) is 0 Å². The Labute approximate surface area is 194 Å². The van der Waals surface area contributed by atoms with Gasteiger partial charge in [-0.05, 0) is 46.5 Å². The lowest BCUT2D eigenvalue weighted by Crippen LogP contribution is -2.43. The molecule has 1 aliphatic carbocycles. The van der Waals surface area contributed by atoms with Crippen LogP contribution in [0.5, 0.6) is 0 Å². The molecule has 4 N–H and O–H groups in total. The van der Waals surface area contributed by atoms with Gasteiger partial charge in [0.2, 0.25) is 11.9 Å². The Morgan fingerprint density at radius 2 is 1.91 bits per heavy atom. The monoisotopic (exact) mass is 492 g/mol. The molecule has 0 spiro atoms. The fraction of sp³-hybridized carbons (Fsp3) is 0.304. The Kier molecular flexibility index (Phi) is 6.00. The number of halogens is 1. The molecule has 3 heterocycles. The Morgan fingerprint density at radius 1 is 1.06 bits per heavy atom. The second-order valence-electron chi connectivity index (χ2n) is 8.06. The average molecular weight is 493 g/mol. The minimum atomic E-state index is 0.117. The van der Waals surface area contributed by atoms with Crippen LogP contribution in [0.4, 0.5) is 11.9 Å². The Morgan fingerprint density at radius 3 is 2.69 bits per heavy atom. The van der Waals surface area contributed by atoms with Crippen LogP contribution in [0.1, 0.15) is 31.2 Å². The van der Waals surface area contributed by atoms with Gasteiger partial charge in [0.25, 0.3) is 0 Å². The minimum Gasteiger partial charge on any atom is -0.350 e. The van der Waals surface area contributed by atoms with E-state index in [4.69, 9.17) is 10.7 Å². The molecule has 5 rings (SSSR count). The molecule has 1 aromatic carbocycles. The number of benzene rings is 1. The van der Waals surface area contributed by atoms with Crippen LogP contribution in [-0.4, -0.2) is 36.6 Å². The molecule has 32 heavy (non-hydrogen) atoms. The number of aromatic nitrogens is 5. The SMILES string of the molecule is N[C@H]1CCCC[C@H]1Nc1nc(NCc2ccc(-c3ccccn3)cc2)n2ncc(Br)c2n1. The predicted octanol–water partition coefficient (Wildman–Crippen LogP) is 4.24. The highest BCUT2D eigenvalue weighted by Gasteiger charge is 2.23. The highest BCUT2D eigenvalue weighted by molar-refractivity contribution is 9.10. The highest BCUT2D eigenvalue weighted by Crippen LogP contribution is 2.24. The Bertz CT molecular complexity index is 1190. The van der Waals surface area contributed by atoms with Crippen LogP contribution >= 0.6 is 15.9 Å². The number of fused-ring (bicyclic) bond motifs is 1. The van der Waals surface area contributed by atoms with Gasteiger partial charge < -0.3 is 16.4 Å². The quantitative estimate of drug-likeness (QED) is 0.369. The van der Waals surface area contributed by atoms with Crippen LogP contribution in [0, 0.1) is 0 Å². The van der Waals surface area contributed by atoms with Crippen LogP contribution in [0.25, 0.3) is 16.9 Å². The third kappa shape index (κ3) is 4.44. The van der Waals surface area contributed by atoms with Crippen LogP contribution in [0.2, 0.25) is 0 Å². The summed E-state index contributed by atoms with van der Waals surface area (Å²) in [6, 6.07) is 14.6. The summed E-state index contributed by atoms with van der Waals surface area (Å²) in [6.45, 7) is 0.606. The van der Waals surface area contributed by atoms with Crippen molar-refractivity contribution in [3.63, 3.8) is 0 Å². The van der Waals surface area contributed by atoms with E-state index in [-0.39, 0.29) is 12.1 Å². The number of hydrogen-bond donors (Lipinski definition) is 3. The van der Waals surface area contributed by atoms with E-state index in [1.807, 2.05) is 18.2 Å². The molecule has 9 heteroatoms. The largest absolute Gasteiger partial charge is 0.350 e. The summed E-state index contributed by atoms with van der Waals surface area (Å²) in [6.07, 6.45) is 7.94. The lowest BCUT2D eigenvalue weighted by molar-refractivity contribution is 0.402. The summed E-state index contributed by atoms with van der Waals surface area (Å²) in [5.74, 6) is 1.19. The fourth-order valence-electron chi connectivity index (χ4n) is 4.04. The van der Waals surface area contributed by atoms with Gasteiger partial charge in [-0.1, -0.05) is 43.2 Å². The van der Waals surface area contributed by atoms with E-state index >= 15 is 0 Å². The first-order valence-corrected chi connectivity index (χ1v) is 11.6. The second-order valence-corrected chi connectivity index (χ2v) is 8.92. The van der Waals surface area contributed by atoms with Crippen molar-refractivity contribution in [2.75, 3.05) is 10.6 Å². The highest BCUT2D eigenvalue weighted by atomic mass is 79.9. The molecule has 164 valence electrons. The Hall–Kier alpha value is -3.04. The lowest BCUT2D eigenvalue weighted by Gasteiger charge is -2.29. The van der Waals surface area contributed by atoms with Gasteiger partial charge in [0.1, 0.15) is 0 Å². The summed E-state index contributed by atoms with van der Waals surface area (Å²) in [4.78, 5) is 13.8. The molecule has 0 radical (unpaired) electrons. The lowest BCUT2D eigenvalue weighted by atomic mass is 9.91. The summed E-state index contributed by atoms with van der Waals surface area (Å²) in [7, 11) is 0. The van der Waals surface area contributed by atoms with E-state index in [0.717, 1.165) is 34.1 Å². The molecule has 0 bridgehead atoms. The fourth-order valence-corrected chi connectivity index (χ4v) is 4.39. The number of rotatable bonds is 6. The molecular weight excluding hydrogens is 468 g/mol. The first kappa shape index (κ1) is 20.8.